The average molecular weight is 255 g/mol. The number of hydrogen-bond donors (Lipinski definition) is 0. The molecular formula is C10H14BF3KN. The summed E-state index contributed by atoms with van der Waals surface area (Å²) in [5.74, 6) is 0. The van der Waals surface area contributed by atoms with Gasteiger partial charge in [-0.25, -0.2) is 0 Å². The number of halogens is 3. The standard InChI is InChI=1S/C10H14BF3N.K/c1-9-3-5-10(6-4-9)7-15(2)8-11(12,13)14;/h3-6H,7-8H2,1-2H3;/q-1;+1. The maximum Gasteiger partial charge on any atom is 1.00 e. The Hall–Kier alpha value is 0.671. The summed E-state index contributed by atoms with van der Waals surface area (Å²) in [5, 5.41) is 0. The van der Waals surface area contributed by atoms with E-state index in [1.54, 1.807) is 0 Å². The van der Waals surface area contributed by atoms with E-state index in [0.29, 0.717) is 6.54 Å². The van der Waals surface area contributed by atoms with Gasteiger partial charge < -0.3 is 17.8 Å². The van der Waals surface area contributed by atoms with E-state index in [1.165, 1.54) is 11.9 Å². The predicted octanol–water partition coefficient (Wildman–Crippen LogP) is -0.183. The van der Waals surface area contributed by atoms with Crippen LogP contribution in [0.4, 0.5) is 12.9 Å². The summed E-state index contributed by atoms with van der Waals surface area (Å²) in [7, 11) is 1.48. The van der Waals surface area contributed by atoms with Crippen LogP contribution in [-0.4, -0.2) is 25.4 Å². The van der Waals surface area contributed by atoms with Crippen LogP contribution in [0.3, 0.4) is 0 Å². The Morgan fingerprint density at radius 2 is 1.62 bits per heavy atom. The first-order chi connectivity index (χ1) is 6.87. The van der Waals surface area contributed by atoms with E-state index in [9.17, 15) is 12.9 Å². The van der Waals surface area contributed by atoms with Gasteiger partial charge >= 0.3 is 58.4 Å². The van der Waals surface area contributed by atoms with E-state index < -0.39 is 13.4 Å². The zero-order chi connectivity index (χ0) is 11.5. The summed E-state index contributed by atoms with van der Waals surface area (Å²) >= 11 is 0. The zero-order valence-corrected chi connectivity index (χ0v) is 13.0. The molecule has 84 valence electrons. The molecule has 0 heterocycles. The van der Waals surface area contributed by atoms with Crippen LogP contribution in [0, 0.1) is 6.92 Å². The maximum absolute atomic E-state index is 12.1. The third kappa shape index (κ3) is 7.09. The van der Waals surface area contributed by atoms with Crippen molar-refractivity contribution in [3.63, 3.8) is 0 Å². The van der Waals surface area contributed by atoms with Crippen LogP contribution in [0.15, 0.2) is 24.3 Å². The van der Waals surface area contributed by atoms with E-state index in [4.69, 9.17) is 0 Å². The Balaban J connectivity index is 0.00000225. The third-order valence-corrected chi connectivity index (χ3v) is 2.09. The van der Waals surface area contributed by atoms with Crippen molar-refractivity contribution in [3.05, 3.63) is 35.4 Å². The van der Waals surface area contributed by atoms with Crippen molar-refractivity contribution in [1.29, 1.82) is 0 Å². The molecule has 0 saturated heterocycles. The second kappa shape index (κ2) is 7.18. The van der Waals surface area contributed by atoms with Gasteiger partial charge in [-0.05, 0) is 26.0 Å². The van der Waals surface area contributed by atoms with E-state index in [1.807, 2.05) is 31.2 Å². The summed E-state index contributed by atoms with van der Waals surface area (Å²) in [5.41, 5.74) is 2.02. The molecule has 0 bridgehead atoms. The number of aryl methyl sites for hydroxylation is 1. The number of benzene rings is 1. The number of rotatable bonds is 4. The van der Waals surface area contributed by atoms with Gasteiger partial charge in [-0.1, -0.05) is 29.8 Å². The quantitative estimate of drug-likeness (QED) is 0.674. The molecule has 16 heavy (non-hydrogen) atoms. The van der Waals surface area contributed by atoms with E-state index >= 15 is 0 Å². The molecule has 0 aromatic heterocycles. The van der Waals surface area contributed by atoms with E-state index in [2.05, 4.69) is 0 Å². The van der Waals surface area contributed by atoms with Crippen molar-refractivity contribution >= 4 is 6.98 Å². The topological polar surface area (TPSA) is 3.24 Å². The Kier molecular flexibility index (Phi) is 7.48. The Bertz CT molecular complexity index is 313. The van der Waals surface area contributed by atoms with Gasteiger partial charge in [0, 0.05) is 6.54 Å². The third-order valence-electron chi connectivity index (χ3n) is 2.09. The fourth-order valence-corrected chi connectivity index (χ4v) is 1.42. The van der Waals surface area contributed by atoms with Crippen molar-refractivity contribution in [3.8, 4) is 0 Å². The van der Waals surface area contributed by atoms with Gasteiger partial charge in [0.1, 0.15) is 0 Å². The first-order valence-electron chi connectivity index (χ1n) is 4.82. The van der Waals surface area contributed by atoms with Gasteiger partial charge in [-0.3, -0.25) is 0 Å². The van der Waals surface area contributed by atoms with Crippen LogP contribution in [0.25, 0.3) is 0 Å². The van der Waals surface area contributed by atoms with Crippen LogP contribution in [0.5, 0.6) is 0 Å². The van der Waals surface area contributed by atoms with Crippen LogP contribution < -0.4 is 51.4 Å². The molecule has 1 aromatic rings. The fraction of sp³-hybridized carbons (Fsp3) is 0.400. The smallest absolute Gasteiger partial charge is 0.448 e. The van der Waals surface area contributed by atoms with Crippen LogP contribution in [-0.2, 0) is 6.54 Å². The minimum absolute atomic E-state index is 0. The summed E-state index contributed by atoms with van der Waals surface area (Å²) in [4.78, 5) is 1.28. The van der Waals surface area contributed by atoms with E-state index in [-0.39, 0.29) is 51.4 Å². The van der Waals surface area contributed by atoms with Gasteiger partial charge in [0.25, 0.3) is 0 Å². The minimum atomic E-state index is -4.73. The molecule has 0 aliphatic rings. The summed E-state index contributed by atoms with van der Waals surface area (Å²) in [6.45, 7) is -2.44. The van der Waals surface area contributed by atoms with Gasteiger partial charge in [0.15, 0.2) is 0 Å². The van der Waals surface area contributed by atoms with Crippen molar-refractivity contribution in [2.45, 2.75) is 13.5 Å². The molecule has 0 saturated carbocycles. The van der Waals surface area contributed by atoms with Crippen LogP contribution in [0.2, 0.25) is 0 Å². The van der Waals surface area contributed by atoms with Gasteiger partial charge in [0.05, 0.1) is 0 Å². The van der Waals surface area contributed by atoms with Crippen molar-refractivity contribution in [2.24, 2.45) is 0 Å². The predicted molar refractivity (Wildman–Crippen MR) is 56.6 cm³/mol. The Morgan fingerprint density at radius 1 is 1.12 bits per heavy atom. The van der Waals surface area contributed by atoms with Crippen molar-refractivity contribution in [1.82, 2.24) is 4.90 Å². The van der Waals surface area contributed by atoms with Gasteiger partial charge in [-0.2, -0.15) is 0 Å². The molecule has 0 fully saturated rings. The Labute approximate surface area is 137 Å². The molecule has 0 radical (unpaired) electrons. The van der Waals surface area contributed by atoms with E-state index in [0.717, 1.165) is 11.1 Å². The molecule has 0 spiro atoms. The van der Waals surface area contributed by atoms with Gasteiger partial charge in [0.2, 0.25) is 0 Å². The largest absolute Gasteiger partial charge is 1.00 e. The van der Waals surface area contributed by atoms with Crippen molar-refractivity contribution in [2.75, 3.05) is 13.5 Å². The zero-order valence-electron chi connectivity index (χ0n) is 9.88. The summed E-state index contributed by atoms with van der Waals surface area (Å²) in [6, 6.07) is 7.52. The number of nitrogens with zero attached hydrogens (tertiary/aromatic N) is 1. The van der Waals surface area contributed by atoms with Crippen molar-refractivity contribution < 1.29 is 64.3 Å². The second-order valence-corrected chi connectivity index (χ2v) is 3.89. The molecule has 0 aliphatic carbocycles. The average Bonchev–Trinajstić information content (AvgIpc) is 2.05. The normalized spacial score (nSPS) is 11.4. The first kappa shape index (κ1) is 16.7. The second-order valence-electron chi connectivity index (χ2n) is 3.89. The molecule has 0 unspecified atom stereocenters. The molecule has 6 heteroatoms. The monoisotopic (exact) mass is 255 g/mol. The van der Waals surface area contributed by atoms with Gasteiger partial charge in [-0.15, -0.1) is 0 Å². The SMILES string of the molecule is Cc1ccc(CN(C)C[B-](F)(F)F)cc1.[K+]. The minimum Gasteiger partial charge on any atom is -0.448 e. The fourth-order valence-electron chi connectivity index (χ4n) is 1.42. The molecule has 1 nitrogen and oxygen atoms in total. The van der Waals surface area contributed by atoms with Crippen LogP contribution >= 0.6 is 0 Å². The molecule has 0 aliphatic heterocycles. The molecule has 0 atom stereocenters. The molecular weight excluding hydrogens is 241 g/mol. The molecule has 0 N–H and O–H groups in total. The molecule has 1 rings (SSSR count). The number of hydrogen-bond acceptors (Lipinski definition) is 1. The molecule has 0 amide bonds. The summed E-state index contributed by atoms with van der Waals surface area (Å²) in [6.07, 6.45) is -0.812. The molecule has 1 aromatic carbocycles. The first-order valence-corrected chi connectivity index (χ1v) is 4.82. The Morgan fingerprint density at radius 3 is 2.06 bits per heavy atom. The summed E-state index contributed by atoms with van der Waals surface area (Å²) < 4.78 is 36.3. The maximum atomic E-state index is 12.1. The van der Waals surface area contributed by atoms with Crippen LogP contribution in [0.1, 0.15) is 11.1 Å².